The van der Waals surface area contributed by atoms with Crippen molar-refractivity contribution >= 4 is 38.9 Å². The molecule has 0 aromatic heterocycles. The van der Waals surface area contributed by atoms with E-state index in [1.165, 1.54) is 6.07 Å². The molecule has 0 saturated heterocycles. The van der Waals surface area contributed by atoms with Gasteiger partial charge < -0.3 is 5.32 Å². The second kappa shape index (κ2) is 7.19. The van der Waals surface area contributed by atoms with Crippen LogP contribution in [0.25, 0.3) is 0 Å². The lowest BCUT2D eigenvalue weighted by Gasteiger charge is -2.09. The van der Waals surface area contributed by atoms with E-state index in [-0.39, 0.29) is 5.75 Å². The number of hydrogen-bond donors (Lipinski definition) is 2. The molecule has 2 N–H and O–H groups in total. The zero-order valence-electron chi connectivity index (χ0n) is 10.0. The van der Waals surface area contributed by atoms with Crippen LogP contribution in [-0.2, 0) is 10.0 Å². The molecule has 7 heteroatoms. The molecule has 0 bridgehead atoms. The van der Waals surface area contributed by atoms with Crippen LogP contribution in [0.2, 0.25) is 10.0 Å². The molecule has 102 valence electrons. The van der Waals surface area contributed by atoms with E-state index >= 15 is 0 Å². The Morgan fingerprint density at radius 2 is 1.94 bits per heavy atom. The molecule has 0 unspecified atom stereocenters. The summed E-state index contributed by atoms with van der Waals surface area (Å²) in [4.78, 5) is 0. The third-order valence-corrected chi connectivity index (χ3v) is 4.21. The van der Waals surface area contributed by atoms with Gasteiger partial charge in [0.1, 0.15) is 0 Å². The van der Waals surface area contributed by atoms with E-state index in [4.69, 9.17) is 23.2 Å². The normalized spacial score (nSPS) is 11.5. The highest BCUT2D eigenvalue weighted by Crippen LogP contribution is 2.26. The van der Waals surface area contributed by atoms with Gasteiger partial charge in [0.05, 0.1) is 16.5 Å². The summed E-state index contributed by atoms with van der Waals surface area (Å²) in [5.74, 6) is 0.0670. The topological polar surface area (TPSA) is 58.2 Å². The number of rotatable bonds is 7. The van der Waals surface area contributed by atoms with Crippen LogP contribution in [0.5, 0.6) is 0 Å². The average Bonchev–Trinajstić information content (AvgIpc) is 2.29. The smallest absolute Gasteiger partial charge is 0.232 e. The van der Waals surface area contributed by atoms with E-state index in [0.717, 1.165) is 13.0 Å². The molecule has 1 aromatic carbocycles. The van der Waals surface area contributed by atoms with Crippen LogP contribution < -0.4 is 10.0 Å². The van der Waals surface area contributed by atoms with E-state index in [1.807, 2.05) is 7.05 Å². The van der Waals surface area contributed by atoms with Crippen LogP contribution in [-0.4, -0.2) is 27.8 Å². The van der Waals surface area contributed by atoms with Crippen LogP contribution in [0.4, 0.5) is 5.69 Å². The van der Waals surface area contributed by atoms with Gasteiger partial charge in [-0.2, -0.15) is 0 Å². The number of unbranched alkanes of at least 4 members (excludes halogenated alkanes) is 1. The molecule has 0 heterocycles. The van der Waals surface area contributed by atoms with Gasteiger partial charge in [-0.25, -0.2) is 8.42 Å². The summed E-state index contributed by atoms with van der Waals surface area (Å²) in [6, 6.07) is 4.66. The first-order valence-corrected chi connectivity index (χ1v) is 7.95. The predicted molar refractivity (Wildman–Crippen MR) is 77.0 cm³/mol. The van der Waals surface area contributed by atoms with Crippen LogP contribution in [0.15, 0.2) is 18.2 Å². The lowest BCUT2D eigenvalue weighted by Crippen LogP contribution is -2.18. The van der Waals surface area contributed by atoms with Crippen molar-refractivity contribution in [2.75, 3.05) is 24.1 Å². The number of benzene rings is 1. The molecule has 0 aliphatic rings. The van der Waals surface area contributed by atoms with Crippen LogP contribution in [0.1, 0.15) is 12.8 Å². The van der Waals surface area contributed by atoms with Gasteiger partial charge in [-0.3, -0.25) is 4.72 Å². The molecule has 4 nitrogen and oxygen atoms in total. The van der Waals surface area contributed by atoms with Crippen molar-refractivity contribution < 1.29 is 8.42 Å². The minimum absolute atomic E-state index is 0.0670. The lowest BCUT2D eigenvalue weighted by molar-refractivity contribution is 0.595. The van der Waals surface area contributed by atoms with Gasteiger partial charge in [0.25, 0.3) is 0 Å². The zero-order valence-corrected chi connectivity index (χ0v) is 12.4. The van der Waals surface area contributed by atoms with E-state index in [2.05, 4.69) is 10.0 Å². The molecule has 1 aromatic rings. The minimum Gasteiger partial charge on any atom is -0.320 e. The van der Waals surface area contributed by atoms with Crippen molar-refractivity contribution in [2.24, 2.45) is 0 Å². The average molecular weight is 311 g/mol. The Morgan fingerprint density at radius 3 is 2.61 bits per heavy atom. The van der Waals surface area contributed by atoms with Crippen LogP contribution >= 0.6 is 23.2 Å². The third-order valence-electron chi connectivity index (χ3n) is 2.28. The first-order chi connectivity index (χ1) is 8.44. The summed E-state index contributed by atoms with van der Waals surface area (Å²) in [5.41, 5.74) is 0.317. The molecule has 18 heavy (non-hydrogen) atoms. The van der Waals surface area contributed by atoms with E-state index in [0.29, 0.717) is 22.2 Å². The number of halogens is 2. The number of sulfonamides is 1. The fraction of sp³-hybridized carbons (Fsp3) is 0.455. The molecular weight excluding hydrogens is 295 g/mol. The molecule has 0 saturated carbocycles. The minimum atomic E-state index is -3.38. The van der Waals surface area contributed by atoms with E-state index in [1.54, 1.807) is 12.1 Å². The summed E-state index contributed by atoms with van der Waals surface area (Å²) in [6.45, 7) is 0.799. The van der Waals surface area contributed by atoms with Crippen molar-refractivity contribution in [3.8, 4) is 0 Å². The number of hydrogen-bond acceptors (Lipinski definition) is 3. The SMILES string of the molecule is CNCCCCS(=O)(=O)Nc1cc(Cl)ccc1Cl. The predicted octanol–water partition coefficient (Wildman–Crippen LogP) is 2.73. The largest absolute Gasteiger partial charge is 0.320 e. The number of anilines is 1. The Hall–Kier alpha value is -0.490. The van der Waals surface area contributed by atoms with Crippen LogP contribution in [0.3, 0.4) is 0 Å². The second-order valence-corrected chi connectivity index (χ2v) is 6.54. The Kier molecular flexibility index (Phi) is 6.21. The monoisotopic (exact) mass is 310 g/mol. The molecule has 0 spiro atoms. The van der Waals surface area contributed by atoms with Crippen molar-refractivity contribution in [1.29, 1.82) is 0 Å². The van der Waals surface area contributed by atoms with Gasteiger partial charge in [-0.1, -0.05) is 23.2 Å². The van der Waals surface area contributed by atoms with Gasteiger partial charge in [-0.05, 0) is 44.6 Å². The fourth-order valence-corrected chi connectivity index (χ4v) is 2.97. The summed E-state index contributed by atoms with van der Waals surface area (Å²) < 4.78 is 26.0. The van der Waals surface area contributed by atoms with Crippen molar-refractivity contribution in [1.82, 2.24) is 5.32 Å². The van der Waals surface area contributed by atoms with E-state index < -0.39 is 10.0 Å². The molecule has 0 radical (unpaired) electrons. The Bertz CT molecular complexity index is 492. The maximum Gasteiger partial charge on any atom is 0.232 e. The van der Waals surface area contributed by atoms with Gasteiger partial charge in [0.15, 0.2) is 0 Å². The standard InChI is InChI=1S/C11H16Cl2N2O2S/c1-14-6-2-3-7-18(16,17)15-11-8-9(12)4-5-10(11)13/h4-5,8,14-15H,2-3,6-7H2,1H3. The van der Waals surface area contributed by atoms with Gasteiger partial charge in [0.2, 0.25) is 10.0 Å². The van der Waals surface area contributed by atoms with Crippen molar-refractivity contribution in [3.63, 3.8) is 0 Å². The molecule has 1 rings (SSSR count). The molecule has 0 aliphatic heterocycles. The zero-order chi connectivity index (χ0) is 13.6. The highest BCUT2D eigenvalue weighted by atomic mass is 35.5. The van der Waals surface area contributed by atoms with E-state index in [9.17, 15) is 8.42 Å². The Morgan fingerprint density at radius 1 is 1.22 bits per heavy atom. The maximum atomic E-state index is 11.8. The highest BCUT2D eigenvalue weighted by molar-refractivity contribution is 7.92. The molecule has 0 atom stereocenters. The third kappa shape index (κ3) is 5.44. The number of nitrogens with one attached hydrogen (secondary N) is 2. The van der Waals surface area contributed by atoms with Gasteiger partial charge in [-0.15, -0.1) is 0 Å². The maximum absolute atomic E-state index is 11.8. The van der Waals surface area contributed by atoms with Crippen molar-refractivity contribution in [3.05, 3.63) is 28.2 Å². The lowest BCUT2D eigenvalue weighted by atomic mass is 10.3. The molecular formula is C11H16Cl2N2O2S. The van der Waals surface area contributed by atoms with Crippen molar-refractivity contribution in [2.45, 2.75) is 12.8 Å². The molecule has 0 fully saturated rings. The molecule has 0 amide bonds. The summed E-state index contributed by atoms with van der Waals surface area (Å²) >= 11 is 11.7. The highest BCUT2D eigenvalue weighted by Gasteiger charge is 2.12. The van der Waals surface area contributed by atoms with Crippen LogP contribution in [0, 0.1) is 0 Å². The van der Waals surface area contributed by atoms with Gasteiger partial charge >= 0.3 is 0 Å². The molecule has 0 aliphatic carbocycles. The first kappa shape index (κ1) is 15.6. The quantitative estimate of drug-likeness (QED) is 0.761. The Balaban J connectivity index is 2.62. The summed E-state index contributed by atoms with van der Waals surface area (Å²) in [6.07, 6.45) is 1.40. The second-order valence-electron chi connectivity index (χ2n) is 3.86. The summed E-state index contributed by atoms with van der Waals surface area (Å²) in [7, 11) is -1.54. The summed E-state index contributed by atoms with van der Waals surface area (Å²) in [5, 5.41) is 3.74. The fourth-order valence-electron chi connectivity index (χ4n) is 1.39. The first-order valence-electron chi connectivity index (χ1n) is 5.55. The Labute approximate surface area is 118 Å². The van der Waals surface area contributed by atoms with Gasteiger partial charge in [0, 0.05) is 5.02 Å².